The number of anilines is 1. The number of nitrogen functional groups attached to an aromatic ring is 1. The van der Waals surface area contributed by atoms with Crippen molar-refractivity contribution in [2.45, 2.75) is 13.1 Å². The van der Waals surface area contributed by atoms with Crippen LogP contribution in [-0.4, -0.2) is 22.1 Å². The van der Waals surface area contributed by atoms with Crippen molar-refractivity contribution < 1.29 is 4.39 Å². The fourth-order valence-electron chi connectivity index (χ4n) is 1.76. The van der Waals surface area contributed by atoms with E-state index in [1.54, 1.807) is 12.1 Å². The van der Waals surface area contributed by atoms with Crippen molar-refractivity contribution in [3.63, 3.8) is 0 Å². The molecule has 0 amide bonds. The van der Waals surface area contributed by atoms with Gasteiger partial charge in [-0.05, 0) is 25.2 Å². The Morgan fingerprint density at radius 3 is 2.83 bits per heavy atom. The summed E-state index contributed by atoms with van der Waals surface area (Å²) in [6.45, 7) is 1.07. The zero-order valence-electron chi connectivity index (χ0n) is 9.95. The van der Waals surface area contributed by atoms with Gasteiger partial charge in [-0.25, -0.2) is 4.39 Å². The van der Waals surface area contributed by atoms with Crippen LogP contribution in [0, 0.1) is 5.82 Å². The Hall–Kier alpha value is -1.59. The highest BCUT2D eigenvalue weighted by atomic mass is 35.5. The normalized spacial score (nSPS) is 11.1. The third kappa shape index (κ3) is 3.21. The van der Waals surface area contributed by atoms with E-state index in [1.165, 1.54) is 12.1 Å². The van der Waals surface area contributed by atoms with E-state index in [-0.39, 0.29) is 5.82 Å². The molecule has 0 aliphatic rings. The molecule has 0 saturated heterocycles. The molecule has 0 aliphatic heterocycles. The molecule has 0 saturated carbocycles. The zero-order valence-corrected chi connectivity index (χ0v) is 10.7. The van der Waals surface area contributed by atoms with Crippen molar-refractivity contribution in [3.8, 4) is 0 Å². The summed E-state index contributed by atoms with van der Waals surface area (Å²) < 4.78 is 13.5. The first-order valence-corrected chi connectivity index (χ1v) is 5.84. The van der Waals surface area contributed by atoms with E-state index in [2.05, 4.69) is 10.2 Å². The second-order valence-electron chi connectivity index (χ2n) is 4.23. The van der Waals surface area contributed by atoms with Gasteiger partial charge in [0.05, 0.1) is 5.69 Å². The van der Waals surface area contributed by atoms with Crippen molar-refractivity contribution in [1.29, 1.82) is 0 Å². The quantitative estimate of drug-likeness (QED) is 0.895. The van der Waals surface area contributed by atoms with Gasteiger partial charge in [0, 0.05) is 29.7 Å². The summed E-state index contributed by atoms with van der Waals surface area (Å²) in [5, 5.41) is 7.18. The molecule has 0 aliphatic carbocycles. The molecule has 0 spiro atoms. The van der Waals surface area contributed by atoms with Gasteiger partial charge in [0.15, 0.2) is 0 Å². The molecule has 2 rings (SSSR count). The summed E-state index contributed by atoms with van der Waals surface area (Å²) in [4.78, 5) is 1.95. The summed E-state index contributed by atoms with van der Waals surface area (Å²) in [5.41, 5.74) is 6.97. The minimum atomic E-state index is -0.254. The van der Waals surface area contributed by atoms with Gasteiger partial charge in [0.25, 0.3) is 0 Å². The van der Waals surface area contributed by atoms with E-state index in [1.807, 2.05) is 11.9 Å². The highest BCUT2D eigenvalue weighted by Gasteiger charge is 2.08. The Morgan fingerprint density at radius 1 is 1.39 bits per heavy atom. The Balaban J connectivity index is 2.02. The molecule has 4 nitrogen and oxygen atoms in total. The molecule has 0 radical (unpaired) electrons. The highest BCUT2D eigenvalue weighted by Crippen LogP contribution is 2.17. The summed E-state index contributed by atoms with van der Waals surface area (Å²) in [7, 11) is 1.89. The number of H-pyrrole nitrogens is 1. The van der Waals surface area contributed by atoms with Crippen molar-refractivity contribution in [2.75, 3.05) is 12.8 Å². The molecule has 0 atom stereocenters. The minimum Gasteiger partial charge on any atom is -0.382 e. The molecule has 18 heavy (non-hydrogen) atoms. The number of nitrogens with zero attached hydrogens (tertiary/aromatic N) is 2. The number of nitrogens with two attached hydrogens (primary N) is 1. The lowest BCUT2D eigenvalue weighted by Crippen LogP contribution is -2.18. The number of halogens is 2. The fraction of sp³-hybridized carbons (Fsp3) is 0.250. The van der Waals surface area contributed by atoms with E-state index < -0.39 is 0 Å². The van der Waals surface area contributed by atoms with Crippen LogP contribution in [0.1, 0.15) is 11.3 Å². The number of hydrogen-bond donors (Lipinski definition) is 2. The maximum Gasteiger partial charge on any atom is 0.145 e. The van der Waals surface area contributed by atoms with Crippen molar-refractivity contribution in [1.82, 2.24) is 15.1 Å². The number of aromatic nitrogens is 2. The van der Waals surface area contributed by atoms with Crippen LogP contribution in [0.4, 0.5) is 10.2 Å². The van der Waals surface area contributed by atoms with Crippen LogP contribution in [0.2, 0.25) is 5.02 Å². The molecular weight excluding hydrogens is 255 g/mol. The molecule has 3 N–H and O–H groups in total. The predicted molar refractivity (Wildman–Crippen MR) is 69.6 cm³/mol. The molecule has 0 fully saturated rings. The SMILES string of the molecule is CN(Cc1cc(N)n[nH]1)Cc1cc(Cl)ccc1F. The average molecular weight is 269 g/mol. The number of hydrogen-bond acceptors (Lipinski definition) is 3. The fourth-order valence-corrected chi connectivity index (χ4v) is 1.96. The van der Waals surface area contributed by atoms with Crippen LogP contribution < -0.4 is 5.73 Å². The number of nitrogens with one attached hydrogen (secondary N) is 1. The number of rotatable bonds is 4. The number of aromatic amines is 1. The molecule has 2 aromatic rings. The van der Waals surface area contributed by atoms with Crippen LogP contribution in [0.3, 0.4) is 0 Å². The van der Waals surface area contributed by atoms with E-state index in [4.69, 9.17) is 17.3 Å². The smallest absolute Gasteiger partial charge is 0.145 e. The topological polar surface area (TPSA) is 57.9 Å². The summed E-state index contributed by atoms with van der Waals surface area (Å²) in [6, 6.07) is 6.30. The van der Waals surface area contributed by atoms with Crippen LogP contribution >= 0.6 is 11.6 Å². The van der Waals surface area contributed by atoms with Crippen molar-refractivity contribution in [3.05, 3.63) is 46.4 Å². The van der Waals surface area contributed by atoms with Crippen molar-refractivity contribution >= 4 is 17.4 Å². The first kappa shape index (κ1) is 12.9. The lowest BCUT2D eigenvalue weighted by molar-refractivity contribution is 0.309. The van der Waals surface area contributed by atoms with Gasteiger partial charge in [0.1, 0.15) is 11.6 Å². The third-order valence-electron chi connectivity index (χ3n) is 2.54. The molecular formula is C12H14ClFN4. The lowest BCUT2D eigenvalue weighted by Gasteiger charge is -2.16. The molecule has 0 unspecified atom stereocenters. The molecule has 0 bridgehead atoms. The van der Waals surface area contributed by atoms with Gasteiger partial charge < -0.3 is 5.73 Å². The summed E-state index contributed by atoms with van der Waals surface area (Å²) in [5.74, 6) is 0.197. The van der Waals surface area contributed by atoms with Crippen LogP contribution in [0.15, 0.2) is 24.3 Å². The average Bonchev–Trinajstić information content (AvgIpc) is 2.69. The second kappa shape index (κ2) is 5.37. The predicted octanol–water partition coefficient (Wildman–Crippen LogP) is 2.42. The summed E-state index contributed by atoms with van der Waals surface area (Å²) >= 11 is 5.85. The van der Waals surface area contributed by atoms with E-state index >= 15 is 0 Å². The Morgan fingerprint density at radius 2 is 2.17 bits per heavy atom. The molecule has 1 heterocycles. The molecule has 1 aromatic heterocycles. The number of benzene rings is 1. The van der Waals surface area contributed by atoms with Gasteiger partial charge in [0.2, 0.25) is 0 Å². The van der Waals surface area contributed by atoms with Crippen LogP contribution in [0.25, 0.3) is 0 Å². The third-order valence-corrected chi connectivity index (χ3v) is 2.77. The van der Waals surface area contributed by atoms with E-state index in [9.17, 15) is 4.39 Å². The largest absolute Gasteiger partial charge is 0.382 e. The second-order valence-corrected chi connectivity index (χ2v) is 4.66. The first-order chi connectivity index (χ1) is 8.54. The molecule has 6 heteroatoms. The molecule has 1 aromatic carbocycles. The highest BCUT2D eigenvalue weighted by molar-refractivity contribution is 6.30. The Labute approximate surface area is 110 Å². The Bertz CT molecular complexity index is 541. The van der Waals surface area contributed by atoms with Gasteiger partial charge in [-0.15, -0.1) is 0 Å². The molecule has 96 valence electrons. The first-order valence-electron chi connectivity index (χ1n) is 5.47. The summed E-state index contributed by atoms with van der Waals surface area (Å²) in [6.07, 6.45) is 0. The van der Waals surface area contributed by atoms with Gasteiger partial charge >= 0.3 is 0 Å². The minimum absolute atomic E-state index is 0.254. The van der Waals surface area contributed by atoms with Gasteiger partial charge in [-0.1, -0.05) is 11.6 Å². The zero-order chi connectivity index (χ0) is 13.1. The Kier molecular flexibility index (Phi) is 3.84. The van der Waals surface area contributed by atoms with Crippen LogP contribution in [0.5, 0.6) is 0 Å². The standard InChI is InChI=1S/C12H14ClFN4/c1-18(7-10-5-12(15)17-16-10)6-8-4-9(13)2-3-11(8)14/h2-5H,6-7H2,1H3,(H3,15,16,17). The van der Waals surface area contributed by atoms with Crippen molar-refractivity contribution in [2.24, 2.45) is 0 Å². The van der Waals surface area contributed by atoms with Crippen LogP contribution in [-0.2, 0) is 13.1 Å². The maximum atomic E-state index is 13.5. The lowest BCUT2D eigenvalue weighted by atomic mass is 10.2. The monoisotopic (exact) mass is 268 g/mol. The van der Waals surface area contributed by atoms with Gasteiger partial charge in [-0.3, -0.25) is 10.00 Å². The van der Waals surface area contributed by atoms with E-state index in [0.29, 0.717) is 29.5 Å². The van der Waals surface area contributed by atoms with E-state index in [0.717, 1.165) is 5.69 Å². The maximum absolute atomic E-state index is 13.5. The van der Waals surface area contributed by atoms with Gasteiger partial charge in [-0.2, -0.15) is 5.10 Å².